The minimum Gasteiger partial charge on any atom is -0.494 e. The molecule has 16 heteroatoms. The van der Waals surface area contributed by atoms with Gasteiger partial charge in [-0.3, -0.25) is 4.79 Å². The number of carbonyl (C=O) groups excluding carboxylic acids is 1. The number of nitrogens with one attached hydrogen (secondary N) is 2. The van der Waals surface area contributed by atoms with Crippen LogP contribution in [-0.4, -0.2) is 50.2 Å². The Bertz CT molecular complexity index is 1420. The van der Waals surface area contributed by atoms with Crippen LogP contribution in [0.4, 0.5) is 26.3 Å². The van der Waals surface area contributed by atoms with E-state index in [-0.39, 0.29) is 34.8 Å². The zero-order valence-electron chi connectivity index (χ0n) is 20.1. The Labute approximate surface area is 220 Å². The molecule has 4 rings (SSSR count). The highest BCUT2D eigenvalue weighted by Gasteiger charge is 2.60. The summed E-state index contributed by atoms with van der Waals surface area (Å²) in [5.74, 6) is -1.20. The van der Waals surface area contributed by atoms with Crippen molar-refractivity contribution in [3.63, 3.8) is 0 Å². The molecule has 3 aromatic rings. The molecule has 0 fully saturated rings. The minimum atomic E-state index is -5.03. The van der Waals surface area contributed by atoms with E-state index in [2.05, 4.69) is 10.4 Å². The SMILES string of the molecule is CC(O)c1ccc(C2=C(n3nn[nH]c3=O)C(=O)N[C@@](c3ccc(OCCCC(F)(F)F)cc3)(C(F)(F)F)C2)s1. The Hall–Kier alpha value is -3.66. The fourth-order valence-electron chi connectivity index (χ4n) is 4.10. The van der Waals surface area contributed by atoms with E-state index in [1.165, 1.54) is 31.2 Å². The number of tetrazole rings is 1. The van der Waals surface area contributed by atoms with Crippen molar-refractivity contribution in [2.24, 2.45) is 0 Å². The van der Waals surface area contributed by atoms with Crippen molar-refractivity contribution in [1.82, 2.24) is 25.5 Å². The molecule has 0 radical (unpaired) electrons. The fourth-order valence-corrected chi connectivity index (χ4v) is 5.09. The number of hydrogen-bond donors (Lipinski definition) is 3. The molecule has 1 amide bonds. The van der Waals surface area contributed by atoms with Gasteiger partial charge >= 0.3 is 18.0 Å². The summed E-state index contributed by atoms with van der Waals surface area (Å²) in [6.07, 6.45) is -12.6. The second kappa shape index (κ2) is 10.5. The Morgan fingerprint density at radius 1 is 1.13 bits per heavy atom. The van der Waals surface area contributed by atoms with Crippen LogP contribution < -0.4 is 15.7 Å². The number of ether oxygens (including phenoxy) is 1. The number of thiophene rings is 1. The van der Waals surface area contributed by atoms with Gasteiger partial charge in [0.2, 0.25) is 0 Å². The lowest BCUT2D eigenvalue weighted by molar-refractivity contribution is -0.201. The number of H-pyrrole nitrogens is 1. The van der Waals surface area contributed by atoms with Crippen molar-refractivity contribution in [3.8, 4) is 5.75 Å². The zero-order valence-corrected chi connectivity index (χ0v) is 20.9. The molecular weight excluding hydrogens is 556 g/mol. The van der Waals surface area contributed by atoms with Gasteiger partial charge in [0.05, 0.1) is 12.7 Å². The Balaban J connectivity index is 1.75. The first-order chi connectivity index (χ1) is 18.2. The number of carbonyl (C=O) groups is 1. The molecule has 2 aromatic heterocycles. The van der Waals surface area contributed by atoms with E-state index in [4.69, 9.17) is 4.74 Å². The van der Waals surface area contributed by atoms with Gasteiger partial charge in [0.25, 0.3) is 5.91 Å². The first-order valence-corrected chi connectivity index (χ1v) is 12.2. The predicted molar refractivity (Wildman–Crippen MR) is 126 cm³/mol. The number of halogens is 6. The second-order valence-electron chi connectivity index (χ2n) is 8.75. The average molecular weight is 578 g/mol. The molecule has 1 aliphatic rings. The number of benzene rings is 1. The summed E-state index contributed by atoms with van der Waals surface area (Å²) >= 11 is 0.949. The minimum absolute atomic E-state index is 0.0471. The molecule has 0 aliphatic carbocycles. The molecule has 0 saturated heterocycles. The van der Waals surface area contributed by atoms with Crippen LogP contribution >= 0.6 is 11.3 Å². The van der Waals surface area contributed by atoms with Crippen LogP contribution in [0, 0.1) is 0 Å². The number of aliphatic hydroxyl groups excluding tert-OH is 1. The van der Waals surface area contributed by atoms with Gasteiger partial charge in [-0.2, -0.15) is 31.0 Å². The summed E-state index contributed by atoms with van der Waals surface area (Å²) in [6.45, 7) is 1.17. The number of aromatic amines is 1. The topological polar surface area (TPSA) is 122 Å². The number of nitrogens with zero attached hydrogens (tertiary/aromatic N) is 3. The lowest BCUT2D eigenvalue weighted by Crippen LogP contribution is -2.59. The van der Waals surface area contributed by atoms with Crippen molar-refractivity contribution in [3.05, 3.63) is 62.2 Å². The van der Waals surface area contributed by atoms with E-state index in [0.717, 1.165) is 23.5 Å². The first kappa shape index (κ1) is 28.4. The lowest BCUT2D eigenvalue weighted by Gasteiger charge is -2.41. The van der Waals surface area contributed by atoms with Gasteiger partial charge in [-0.15, -0.1) is 11.3 Å². The maximum Gasteiger partial charge on any atom is 0.416 e. The number of rotatable bonds is 8. The third-order valence-corrected chi connectivity index (χ3v) is 7.31. The number of hydrogen-bond acceptors (Lipinski definition) is 7. The van der Waals surface area contributed by atoms with Crippen LogP contribution in [0.25, 0.3) is 11.3 Å². The third kappa shape index (κ3) is 5.85. The Morgan fingerprint density at radius 2 is 1.82 bits per heavy atom. The molecule has 3 heterocycles. The maximum absolute atomic E-state index is 14.8. The molecule has 1 aromatic carbocycles. The number of aliphatic hydroxyl groups is 1. The van der Waals surface area contributed by atoms with E-state index in [1.54, 1.807) is 0 Å². The summed E-state index contributed by atoms with van der Waals surface area (Å²) in [5.41, 5.74) is -4.88. The number of amides is 1. The van der Waals surface area contributed by atoms with Gasteiger partial charge in [0, 0.05) is 28.2 Å². The quantitative estimate of drug-likeness (QED) is 0.273. The Morgan fingerprint density at radius 3 is 2.36 bits per heavy atom. The molecule has 0 spiro atoms. The second-order valence-corrected chi connectivity index (χ2v) is 9.86. The monoisotopic (exact) mass is 577 g/mol. The van der Waals surface area contributed by atoms with Crippen LogP contribution in [-0.2, 0) is 10.3 Å². The molecule has 2 atom stereocenters. The summed E-state index contributed by atoms with van der Waals surface area (Å²) in [7, 11) is 0. The standard InChI is InChI=1S/C23H21F6N5O4S/c1-12(35)16-7-8-17(39-16)15-11-21(23(27,28)29,30-19(36)18(15)34-20(37)31-32-33-34)13-3-5-14(6-4-13)38-10-2-9-22(24,25)26/h3-8,12,35H,2,9-11H2,1H3,(H,30,36)(H,31,33,37)/t12?,21-/m0/s1. The van der Waals surface area contributed by atoms with Crippen LogP contribution in [0.15, 0.2) is 41.2 Å². The van der Waals surface area contributed by atoms with Crippen molar-refractivity contribution in [2.75, 3.05) is 6.61 Å². The predicted octanol–water partition coefficient (Wildman–Crippen LogP) is 4.15. The highest BCUT2D eigenvalue weighted by Crippen LogP contribution is 2.50. The summed E-state index contributed by atoms with van der Waals surface area (Å²) in [5, 5.41) is 20.7. The van der Waals surface area contributed by atoms with Crippen molar-refractivity contribution in [1.29, 1.82) is 0 Å². The van der Waals surface area contributed by atoms with Crippen LogP contribution in [0.5, 0.6) is 5.75 Å². The fraction of sp³-hybridized carbons (Fsp3) is 0.391. The summed E-state index contributed by atoms with van der Waals surface area (Å²) in [4.78, 5) is 26.1. The van der Waals surface area contributed by atoms with E-state index >= 15 is 0 Å². The van der Waals surface area contributed by atoms with Gasteiger partial charge in [0.1, 0.15) is 11.4 Å². The van der Waals surface area contributed by atoms with E-state index in [1.807, 2.05) is 10.4 Å². The van der Waals surface area contributed by atoms with Gasteiger partial charge in [-0.05, 0) is 53.6 Å². The van der Waals surface area contributed by atoms with Crippen molar-refractivity contribution in [2.45, 2.75) is 50.2 Å². The molecular formula is C23H21F6N5O4S. The molecule has 39 heavy (non-hydrogen) atoms. The van der Waals surface area contributed by atoms with Gasteiger partial charge < -0.3 is 15.2 Å². The smallest absolute Gasteiger partial charge is 0.416 e. The summed E-state index contributed by atoms with van der Waals surface area (Å²) in [6, 6.07) is 7.39. The molecule has 9 nitrogen and oxygen atoms in total. The van der Waals surface area contributed by atoms with Crippen LogP contribution in [0.3, 0.4) is 0 Å². The summed E-state index contributed by atoms with van der Waals surface area (Å²) < 4.78 is 87.1. The largest absolute Gasteiger partial charge is 0.494 e. The highest BCUT2D eigenvalue weighted by molar-refractivity contribution is 7.13. The molecule has 0 saturated carbocycles. The van der Waals surface area contributed by atoms with Crippen molar-refractivity contribution < 1.29 is 41.0 Å². The average Bonchev–Trinajstić information content (AvgIpc) is 3.50. The van der Waals surface area contributed by atoms with Gasteiger partial charge in [-0.1, -0.05) is 12.1 Å². The van der Waals surface area contributed by atoms with E-state index in [9.17, 15) is 41.0 Å². The zero-order chi connectivity index (χ0) is 28.6. The van der Waals surface area contributed by atoms with E-state index in [0.29, 0.717) is 9.56 Å². The van der Waals surface area contributed by atoms with Crippen molar-refractivity contribution >= 4 is 28.5 Å². The van der Waals surface area contributed by atoms with Crippen LogP contribution in [0.1, 0.15) is 47.6 Å². The number of alkyl halides is 6. The van der Waals surface area contributed by atoms with Gasteiger partial charge in [-0.25, -0.2) is 9.89 Å². The molecule has 0 bridgehead atoms. The maximum atomic E-state index is 14.8. The normalized spacial score (nSPS) is 19.2. The molecule has 210 valence electrons. The van der Waals surface area contributed by atoms with E-state index < -0.39 is 54.1 Å². The highest BCUT2D eigenvalue weighted by atomic mass is 32.1. The number of aromatic nitrogens is 4. The Kier molecular flexibility index (Phi) is 7.62. The van der Waals surface area contributed by atoms with Gasteiger partial charge in [0.15, 0.2) is 5.54 Å². The first-order valence-electron chi connectivity index (χ1n) is 11.4. The molecule has 1 unspecified atom stereocenters. The third-order valence-electron chi connectivity index (χ3n) is 5.99. The molecule has 3 N–H and O–H groups in total. The molecule has 1 aliphatic heterocycles. The lowest BCUT2D eigenvalue weighted by atomic mass is 9.79. The van der Waals surface area contributed by atoms with Crippen LogP contribution in [0.2, 0.25) is 0 Å².